The van der Waals surface area contributed by atoms with E-state index in [1.54, 1.807) is 0 Å². The van der Waals surface area contributed by atoms with Gasteiger partial charge in [-0.05, 0) is 12.8 Å². The molecule has 6 nitrogen and oxygen atoms in total. The van der Waals surface area contributed by atoms with E-state index in [1.165, 1.54) is 6.33 Å². The Labute approximate surface area is 110 Å². The standard InChI is InChI=1S/C11H14ClN5O/c12-9-8(13)10(16-5-15-9)17-3-1-2-6-7(17)4-14-11(6)18/h5-7H,1-4,13H2,(H,14,18). The van der Waals surface area contributed by atoms with Gasteiger partial charge in [0.25, 0.3) is 0 Å². The number of nitrogens with one attached hydrogen (secondary N) is 1. The average Bonchev–Trinajstić information content (AvgIpc) is 2.75. The van der Waals surface area contributed by atoms with Gasteiger partial charge in [-0.2, -0.15) is 0 Å². The molecule has 2 aliphatic rings. The second-order valence-corrected chi connectivity index (χ2v) is 5.01. The molecule has 0 bridgehead atoms. The Morgan fingerprint density at radius 1 is 1.50 bits per heavy atom. The fraction of sp³-hybridized carbons (Fsp3) is 0.545. The van der Waals surface area contributed by atoms with Crippen LogP contribution in [-0.4, -0.2) is 35.0 Å². The maximum atomic E-state index is 11.7. The maximum absolute atomic E-state index is 11.7. The number of carbonyl (C=O) groups excluding carboxylic acids is 1. The maximum Gasteiger partial charge on any atom is 0.225 e. The molecule has 3 heterocycles. The molecule has 1 aromatic heterocycles. The molecule has 0 aromatic carbocycles. The normalized spacial score (nSPS) is 26.9. The van der Waals surface area contributed by atoms with Crippen LogP contribution in [0, 0.1) is 5.92 Å². The number of carbonyl (C=O) groups is 1. The number of anilines is 2. The van der Waals surface area contributed by atoms with Crippen LogP contribution in [0.5, 0.6) is 0 Å². The van der Waals surface area contributed by atoms with Crippen molar-refractivity contribution >= 4 is 29.0 Å². The second kappa shape index (κ2) is 4.28. The largest absolute Gasteiger partial charge is 0.393 e. The molecule has 7 heteroatoms. The predicted octanol–water partition coefficient (Wildman–Crippen LogP) is 0.427. The summed E-state index contributed by atoms with van der Waals surface area (Å²) >= 11 is 5.92. The summed E-state index contributed by atoms with van der Waals surface area (Å²) in [7, 11) is 0. The van der Waals surface area contributed by atoms with Crippen LogP contribution < -0.4 is 16.0 Å². The van der Waals surface area contributed by atoms with E-state index < -0.39 is 0 Å². The number of nitrogen functional groups attached to an aromatic ring is 1. The van der Waals surface area contributed by atoms with Crippen molar-refractivity contribution in [1.82, 2.24) is 15.3 Å². The zero-order valence-corrected chi connectivity index (χ0v) is 10.5. The summed E-state index contributed by atoms with van der Waals surface area (Å²) in [6.45, 7) is 1.48. The Balaban J connectivity index is 1.96. The van der Waals surface area contributed by atoms with Gasteiger partial charge in [0.15, 0.2) is 11.0 Å². The van der Waals surface area contributed by atoms with Gasteiger partial charge in [0, 0.05) is 13.1 Å². The van der Waals surface area contributed by atoms with E-state index in [9.17, 15) is 4.79 Å². The molecule has 2 aliphatic heterocycles. The highest BCUT2D eigenvalue weighted by atomic mass is 35.5. The molecule has 2 unspecified atom stereocenters. The van der Waals surface area contributed by atoms with Gasteiger partial charge >= 0.3 is 0 Å². The molecule has 2 atom stereocenters. The van der Waals surface area contributed by atoms with E-state index in [1.807, 2.05) is 0 Å². The van der Waals surface area contributed by atoms with Crippen molar-refractivity contribution in [3.05, 3.63) is 11.5 Å². The molecule has 2 fully saturated rings. The molecule has 3 N–H and O–H groups in total. The number of amides is 1. The number of hydrogen-bond acceptors (Lipinski definition) is 5. The molecule has 2 saturated heterocycles. The van der Waals surface area contributed by atoms with Crippen LogP contribution in [0.15, 0.2) is 6.33 Å². The third kappa shape index (κ3) is 1.68. The molecule has 3 rings (SSSR count). The molecule has 0 saturated carbocycles. The number of halogens is 1. The molecular formula is C11H14ClN5O. The van der Waals surface area contributed by atoms with Crippen LogP contribution in [0.3, 0.4) is 0 Å². The molecule has 0 aliphatic carbocycles. The number of fused-ring (bicyclic) bond motifs is 1. The summed E-state index contributed by atoms with van der Waals surface area (Å²) in [4.78, 5) is 21.9. The van der Waals surface area contributed by atoms with Gasteiger partial charge in [-0.25, -0.2) is 9.97 Å². The molecule has 0 radical (unpaired) electrons. The Morgan fingerprint density at radius 3 is 3.17 bits per heavy atom. The van der Waals surface area contributed by atoms with E-state index in [4.69, 9.17) is 17.3 Å². The van der Waals surface area contributed by atoms with Gasteiger partial charge < -0.3 is 16.0 Å². The zero-order chi connectivity index (χ0) is 12.7. The lowest BCUT2D eigenvalue weighted by Gasteiger charge is -2.37. The van der Waals surface area contributed by atoms with Crippen molar-refractivity contribution in [3.63, 3.8) is 0 Å². The first-order valence-corrected chi connectivity index (χ1v) is 6.36. The van der Waals surface area contributed by atoms with Crippen LogP contribution in [0.2, 0.25) is 5.15 Å². The number of nitrogens with two attached hydrogens (primary N) is 1. The van der Waals surface area contributed by atoms with Crippen molar-refractivity contribution in [1.29, 1.82) is 0 Å². The first-order valence-electron chi connectivity index (χ1n) is 5.99. The van der Waals surface area contributed by atoms with E-state index in [-0.39, 0.29) is 23.0 Å². The molecular weight excluding hydrogens is 254 g/mol. The van der Waals surface area contributed by atoms with Crippen molar-refractivity contribution < 1.29 is 4.79 Å². The highest BCUT2D eigenvalue weighted by Crippen LogP contribution is 2.34. The Kier molecular flexibility index (Phi) is 2.74. The fourth-order valence-electron chi connectivity index (χ4n) is 2.81. The summed E-state index contributed by atoms with van der Waals surface area (Å²) in [6.07, 6.45) is 3.28. The number of piperidine rings is 1. The van der Waals surface area contributed by atoms with Crippen LogP contribution >= 0.6 is 11.6 Å². The second-order valence-electron chi connectivity index (χ2n) is 4.66. The SMILES string of the molecule is Nc1c(Cl)ncnc1N1CCCC2C(=O)NCC21. The minimum atomic E-state index is 0.0342. The van der Waals surface area contributed by atoms with Gasteiger partial charge in [0.2, 0.25) is 5.91 Å². The summed E-state index contributed by atoms with van der Waals surface area (Å²) in [5.74, 6) is 0.802. The number of rotatable bonds is 1. The Hall–Kier alpha value is -1.56. The third-order valence-electron chi connectivity index (χ3n) is 3.69. The Bertz CT molecular complexity index is 494. The van der Waals surface area contributed by atoms with Crippen LogP contribution in [0.25, 0.3) is 0 Å². The highest BCUT2D eigenvalue weighted by Gasteiger charge is 2.41. The first-order chi connectivity index (χ1) is 8.68. The number of hydrogen-bond donors (Lipinski definition) is 2. The van der Waals surface area contributed by atoms with Gasteiger partial charge in [-0.1, -0.05) is 11.6 Å². The number of aromatic nitrogens is 2. The van der Waals surface area contributed by atoms with Crippen molar-refractivity contribution in [3.8, 4) is 0 Å². The Morgan fingerprint density at radius 2 is 2.33 bits per heavy atom. The number of nitrogens with zero attached hydrogens (tertiary/aromatic N) is 3. The minimum absolute atomic E-state index is 0.0342. The first kappa shape index (κ1) is 11.5. The zero-order valence-electron chi connectivity index (χ0n) is 9.77. The smallest absolute Gasteiger partial charge is 0.225 e. The molecule has 96 valence electrons. The molecule has 1 aromatic rings. The minimum Gasteiger partial charge on any atom is -0.393 e. The molecule has 18 heavy (non-hydrogen) atoms. The summed E-state index contributed by atoms with van der Waals surface area (Å²) in [5, 5.41) is 3.16. The van der Waals surface area contributed by atoms with Crippen molar-refractivity contribution in [2.75, 3.05) is 23.7 Å². The molecule has 1 amide bonds. The van der Waals surface area contributed by atoms with Crippen molar-refractivity contribution in [2.24, 2.45) is 5.92 Å². The van der Waals surface area contributed by atoms with E-state index in [2.05, 4.69) is 20.2 Å². The van der Waals surface area contributed by atoms with Crippen molar-refractivity contribution in [2.45, 2.75) is 18.9 Å². The van der Waals surface area contributed by atoms with Gasteiger partial charge in [-0.15, -0.1) is 0 Å². The van der Waals surface area contributed by atoms with E-state index in [0.29, 0.717) is 18.1 Å². The lowest BCUT2D eigenvalue weighted by atomic mass is 9.91. The third-order valence-corrected chi connectivity index (χ3v) is 3.99. The highest BCUT2D eigenvalue weighted by molar-refractivity contribution is 6.32. The molecule has 0 spiro atoms. The lowest BCUT2D eigenvalue weighted by Crippen LogP contribution is -2.46. The van der Waals surface area contributed by atoms with Gasteiger partial charge in [0.05, 0.1) is 12.0 Å². The summed E-state index contributed by atoms with van der Waals surface area (Å²) in [5.41, 5.74) is 6.32. The average molecular weight is 268 g/mol. The van der Waals surface area contributed by atoms with Crippen LogP contribution in [0.1, 0.15) is 12.8 Å². The summed E-state index contributed by atoms with van der Waals surface area (Å²) < 4.78 is 0. The summed E-state index contributed by atoms with van der Waals surface area (Å²) in [6, 6.07) is 0.125. The van der Waals surface area contributed by atoms with E-state index in [0.717, 1.165) is 19.4 Å². The fourth-order valence-corrected chi connectivity index (χ4v) is 2.94. The van der Waals surface area contributed by atoms with Crippen LogP contribution in [-0.2, 0) is 4.79 Å². The van der Waals surface area contributed by atoms with Gasteiger partial charge in [-0.3, -0.25) is 4.79 Å². The monoisotopic (exact) mass is 267 g/mol. The lowest BCUT2D eigenvalue weighted by molar-refractivity contribution is -0.122. The predicted molar refractivity (Wildman–Crippen MR) is 68.3 cm³/mol. The van der Waals surface area contributed by atoms with Crippen LogP contribution in [0.4, 0.5) is 11.5 Å². The van der Waals surface area contributed by atoms with Gasteiger partial charge in [0.1, 0.15) is 12.0 Å². The topological polar surface area (TPSA) is 84.1 Å². The van der Waals surface area contributed by atoms with E-state index >= 15 is 0 Å². The quantitative estimate of drug-likeness (QED) is 0.721.